The van der Waals surface area contributed by atoms with Gasteiger partial charge in [-0.3, -0.25) is 0 Å². The molecule has 5 aliphatic rings. The zero-order valence-corrected chi connectivity index (χ0v) is 15.6. The highest BCUT2D eigenvalue weighted by Gasteiger charge is 2.44. The lowest BCUT2D eigenvalue weighted by Crippen LogP contribution is -2.39. The molecule has 1 fully saturated rings. The molecular weight excluding hydrogens is 296 g/mol. The molecule has 0 aromatic heterocycles. The fraction of sp³-hybridized carbons (Fsp3) is 0.727. The summed E-state index contributed by atoms with van der Waals surface area (Å²) in [5.74, 6) is 3.95. The highest BCUT2D eigenvalue weighted by Crippen LogP contribution is 2.60. The first kappa shape index (κ1) is 15.1. The monoisotopic (exact) mass is 326 g/mol. The minimum absolute atomic E-state index is 0.0273. The van der Waals surface area contributed by atoms with Crippen LogP contribution in [0, 0.1) is 0 Å². The molecule has 1 aromatic rings. The van der Waals surface area contributed by atoms with Gasteiger partial charge in [-0.05, 0) is 90.9 Å². The topological polar surface area (TPSA) is 18.5 Å². The molecule has 0 N–H and O–H groups in total. The van der Waals surface area contributed by atoms with Gasteiger partial charge in [0.2, 0.25) is 0 Å². The second kappa shape index (κ2) is 4.71. The van der Waals surface area contributed by atoms with Gasteiger partial charge in [0.15, 0.2) is 0 Å². The minimum atomic E-state index is -0.0273. The van der Waals surface area contributed by atoms with Crippen LogP contribution in [0.25, 0.3) is 0 Å². The van der Waals surface area contributed by atoms with E-state index in [2.05, 4.69) is 27.7 Å². The molecule has 2 heterocycles. The van der Waals surface area contributed by atoms with Crippen LogP contribution in [-0.4, -0.2) is 11.2 Å². The fourth-order valence-electron chi connectivity index (χ4n) is 5.59. The van der Waals surface area contributed by atoms with E-state index in [1.807, 2.05) is 0 Å². The maximum atomic E-state index is 6.63. The molecule has 6 rings (SSSR count). The maximum absolute atomic E-state index is 6.63. The summed E-state index contributed by atoms with van der Waals surface area (Å²) in [4.78, 5) is 0. The van der Waals surface area contributed by atoms with Crippen LogP contribution in [0.4, 0.5) is 0 Å². The van der Waals surface area contributed by atoms with Crippen molar-refractivity contribution in [2.45, 2.75) is 102 Å². The average Bonchev–Trinajstić information content (AvgIpc) is 2.54. The Morgan fingerprint density at radius 1 is 0.667 bits per heavy atom. The number of hydrogen-bond acceptors (Lipinski definition) is 2. The normalized spacial score (nSPS) is 31.3. The van der Waals surface area contributed by atoms with Gasteiger partial charge in [-0.1, -0.05) is 0 Å². The predicted octanol–water partition coefficient (Wildman–Crippen LogP) is 5.65. The first-order valence-electron chi connectivity index (χ1n) is 9.94. The van der Waals surface area contributed by atoms with Crippen LogP contribution in [0.2, 0.25) is 0 Å². The van der Waals surface area contributed by atoms with E-state index in [9.17, 15) is 0 Å². The van der Waals surface area contributed by atoms with E-state index >= 15 is 0 Å². The van der Waals surface area contributed by atoms with Crippen LogP contribution in [0.5, 0.6) is 11.5 Å². The number of fused-ring (bicyclic) bond motifs is 5. The van der Waals surface area contributed by atoms with Crippen molar-refractivity contribution in [2.75, 3.05) is 0 Å². The first-order valence-corrected chi connectivity index (χ1v) is 9.94. The summed E-state index contributed by atoms with van der Waals surface area (Å²) in [6, 6.07) is 0. The smallest absolute Gasteiger partial charge is 0.127 e. The highest BCUT2D eigenvalue weighted by molar-refractivity contribution is 5.65. The summed E-state index contributed by atoms with van der Waals surface area (Å²) in [6.45, 7) is 9.01. The summed E-state index contributed by atoms with van der Waals surface area (Å²) in [5, 5.41) is 0. The van der Waals surface area contributed by atoms with Gasteiger partial charge in [-0.15, -0.1) is 0 Å². The van der Waals surface area contributed by atoms with E-state index in [0.717, 1.165) is 25.7 Å². The summed E-state index contributed by atoms with van der Waals surface area (Å²) in [5.41, 5.74) is 6.03. The van der Waals surface area contributed by atoms with Crippen LogP contribution >= 0.6 is 0 Å². The molecule has 2 bridgehead atoms. The Morgan fingerprint density at radius 2 is 1.04 bits per heavy atom. The average molecular weight is 326 g/mol. The molecule has 0 spiro atoms. The van der Waals surface area contributed by atoms with Gasteiger partial charge in [-0.2, -0.15) is 0 Å². The lowest BCUT2D eigenvalue weighted by molar-refractivity contribution is 0.0676. The SMILES string of the molecule is CC1(C)CCc2c3c(c4c(c2O1)C1CCC4CC1)OC(C)(C)CC3. The van der Waals surface area contributed by atoms with E-state index in [4.69, 9.17) is 9.47 Å². The molecule has 0 atom stereocenters. The predicted molar refractivity (Wildman–Crippen MR) is 96.4 cm³/mol. The summed E-state index contributed by atoms with van der Waals surface area (Å²) in [6.07, 6.45) is 9.90. The van der Waals surface area contributed by atoms with Gasteiger partial charge in [0.05, 0.1) is 0 Å². The molecule has 0 unspecified atom stereocenters. The van der Waals surface area contributed by atoms with Crippen molar-refractivity contribution in [3.8, 4) is 11.5 Å². The second-order valence-corrected chi connectivity index (χ2v) is 9.71. The van der Waals surface area contributed by atoms with Crippen molar-refractivity contribution < 1.29 is 9.47 Å². The van der Waals surface area contributed by atoms with Crippen molar-refractivity contribution in [3.63, 3.8) is 0 Å². The van der Waals surface area contributed by atoms with Crippen molar-refractivity contribution in [3.05, 3.63) is 22.3 Å². The van der Waals surface area contributed by atoms with Crippen LogP contribution in [-0.2, 0) is 12.8 Å². The molecule has 2 aliphatic heterocycles. The highest BCUT2D eigenvalue weighted by atomic mass is 16.5. The van der Waals surface area contributed by atoms with Crippen molar-refractivity contribution >= 4 is 0 Å². The number of benzene rings is 1. The van der Waals surface area contributed by atoms with E-state index < -0.39 is 0 Å². The third-order valence-corrected chi connectivity index (χ3v) is 6.95. The molecule has 0 radical (unpaired) electrons. The number of hydrogen-bond donors (Lipinski definition) is 0. The van der Waals surface area contributed by atoms with Gasteiger partial charge in [0.25, 0.3) is 0 Å². The third-order valence-electron chi connectivity index (χ3n) is 6.95. The van der Waals surface area contributed by atoms with Crippen molar-refractivity contribution in [2.24, 2.45) is 0 Å². The van der Waals surface area contributed by atoms with E-state index in [1.165, 1.54) is 48.3 Å². The Labute approximate surface area is 145 Å². The largest absolute Gasteiger partial charge is 0.487 e. The molecule has 1 saturated carbocycles. The zero-order valence-electron chi connectivity index (χ0n) is 15.6. The molecule has 3 aliphatic carbocycles. The zero-order chi connectivity index (χ0) is 16.7. The quantitative estimate of drug-likeness (QED) is 0.613. The van der Waals surface area contributed by atoms with Crippen LogP contribution in [0.1, 0.15) is 100 Å². The van der Waals surface area contributed by atoms with Gasteiger partial charge in [0.1, 0.15) is 22.7 Å². The number of rotatable bonds is 0. The lowest BCUT2D eigenvalue weighted by Gasteiger charge is -2.47. The van der Waals surface area contributed by atoms with Crippen LogP contribution < -0.4 is 9.47 Å². The minimum Gasteiger partial charge on any atom is -0.487 e. The molecule has 24 heavy (non-hydrogen) atoms. The molecule has 0 amide bonds. The standard InChI is InChI=1S/C22H30O2/c1-21(2)11-9-15-16-10-12-22(3,4)24-20(16)18-14-7-5-13(6-8-14)17(18)19(15)23-21/h13-14H,5-12H2,1-4H3. The summed E-state index contributed by atoms with van der Waals surface area (Å²) in [7, 11) is 0. The lowest BCUT2D eigenvalue weighted by atomic mass is 9.64. The van der Waals surface area contributed by atoms with Crippen molar-refractivity contribution in [1.29, 1.82) is 0 Å². The first-order chi connectivity index (χ1) is 11.3. The Morgan fingerprint density at radius 3 is 1.42 bits per heavy atom. The van der Waals surface area contributed by atoms with Gasteiger partial charge in [0, 0.05) is 22.3 Å². The maximum Gasteiger partial charge on any atom is 0.127 e. The molecule has 130 valence electrons. The Kier molecular flexibility index (Phi) is 2.96. The van der Waals surface area contributed by atoms with Gasteiger partial charge < -0.3 is 9.47 Å². The fourth-order valence-corrected chi connectivity index (χ4v) is 5.59. The van der Waals surface area contributed by atoms with Crippen LogP contribution in [0.15, 0.2) is 0 Å². The van der Waals surface area contributed by atoms with Gasteiger partial charge in [-0.25, -0.2) is 0 Å². The Hall–Kier alpha value is -1.18. The molecule has 2 nitrogen and oxygen atoms in total. The van der Waals surface area contributed by atoms with E-state index in [-0.39, 0.29) is 11.2 Å². The van der Waals surface area contributed by atoms with Crippen LogP contribution in [0.3, 0.4) is 0 Å². The summed E-state index contributed by atoms with van der Waals surface area (Å²) < 4.78 is 13.3. The Balaban J connectivity index is 1.78. The molecule has 2 heteroatoms. The van der Waals surface area contributed by atoms with E-state index in [0.29, 0.717) is 11.8 Å². The molecule has 0 saturated heterocycles. The van der Waals surface area contributed by atoms with E-state index in [1.54, 1.807) is 11.1 Å². The van der Waals surface area contributed by atoms with Gasteiger partial charge >= 0.3 is 0 Å². The third kappa shape index (κ3) is 2.07. The molecular formula is C22H30O2. The summed E-state index contributed by atoms with van der Waals surface area (Å²) >= 11 is 0. The van der Waals surface area contributed by atoms with Crippen molar-refractivity contribution in [1.82, 2.24) is 0 Å². The molecule has 1 aromatic carbocycles. The second-order valence-electron chi connectivity index (χ2n) is 9.71. The Bertz CT molecular complexity index is 644. The number of ether oxygens (including phenoxy) is 2.